The van der Waals surface area contributed by atoms with E-state index >= 15 is 0 Å². The summed E-state index contributed by atoms with van der Waals surface area (Å²) in [5.74, 6) is 0.0756. The molecule has 1 unspecified atom stereocenters. The zero-order valence-corrected chi connectivity index (χ0v) is 20.6. The number of hydrogen-bond donors (Lipinski definition) is 0. The molecular formula is C25H37N3O4S. The molecule has 0 N–H and O–H groups in total. The van der Waals surface area contributed by atoms with Crippen LogP contribution in [0, 0.1) is 5.92 Å². The van der Waals surface area contributed by atoms with Crippen molar-refractivity contribution in [3.8, 4) is 0 Å². The Balaban J connectivity index is 1.39. The van der Waals surface area contributed by atoms with Crippen molar-refractivity contribution in [2.24, 2.45) is 5.92 Å². The summed E-state index contributed by atoms with van der Waals surface area (Å²) in [5.41, 5.74) is 0.401. The van der Waals surface area contributed by atoms with Crippen molar-refractivity contribution in [3.05, 3.63) is 29.8 Å². The van der Waals surface area contributed by atoms with Crippen LogP contribution < -0.4 is 0 Å². The highest BCUT2D eigenvalue weighted by molar-refractivity contribution is 7.89. The smallest absolute Gasteiger partial charge is 0.253 e. The fourth-order valence-electron chi connectivity index (χ4n) is 5.42. The minimum atomic E-state index is -3.62. The molecule has 1 aromatic carbocycles. The number of benzene rings is 1. The van der Waals surface area contributed by atoms with E-state index in [4.69, 9.17) is 0 Å². The Labute approximate surface area is 198 Å². The summed E-state index contributed by atoms with van der Waals surface area (Å²) in [6.07, 6.45) is 8.67. The highest BCUT2D eigenvalue weighted by atomic mass is 32.2. The first-order valence-electron chi connectivity index (χ1n) is 12.6. The summed E-state index contributed by atoms with van der Waals surface area (Å²) in [6.45, 7) is 5.25. The molecule has 3 aliphatic rings. The molecule has 1 aromatic rings. The van der Waals surface area contributed by atoms with E-state index < -0.39 is 10.0 Å². The predicted octanol–water partition coefficient (Wildman–Crippen LogP) is 3.50. The standard InChI is InChI=1S/C25H37N3O4S/c1-20-9-4-7-16-28(20)33(31,32)23-11-8-10-22(19-23)25(30)27-17-12-21(13-18-27)24(29)26-14-5-2-3-6-15-26/h8,10-11,19-21H,2-7,9,12-18H2,1H3. The number of piperidine rings is 2. The van der Waals surface area contributed by atoms with E-state index in [1.165, 1.54) is 18.9 Å². The summed E-state index contributed by atoms with van der Waals surface area (Å²) in [6, 6.07) is 6.43. The quantitative estimate of drug-likeness (QED) is 0.668. The Morgan fingerprint density at radius 3 is 2.15 bits per heavy atom. The first kappa shape index (κ1) is 24.2. The highest BCUT2D eigenvalue weighted by Crippen LogP contribution is 2.27. The molecule has 0 bridgehead atoms. The predicted molar refractivity (Wildman–Crippen MR) is 127 cm³/mol. The molecule has 3 aliphatic heterocycles. The van der Waals surface area contributed by atoms with E-state index in [9.17, 15) is 18.0 Å². The van der Waals surface area contributed by atoms with Crippen molar-refractivity contribution in [2.75, 3.05) is 32.7 Å². The van der Waals surface area contributed by atoms with Gasteiger partial charge in [-0.25, -0.2) is 8.42 Å². The normalized spacial score (nSPS) is 23.8. The molecule has 0 aromatic heterocycles. The minimum absolute atomic E-state index is 0.0144. The van der Waals surface area contributed by atoms with Gasteiger partial charge in [0.05, 0.1) is 4.90 Å². The molecule has 1 atom stereocenters. The average molecular weight is 476 g/mol. The molecule has 182 valence electrons. The molecule has 3 fully saturated rings. The van der Waals surface area contributed by atoms with E-state index in [-0.39, 0.29) is 28.7 Å². The first-order valence-corrected chi connectivity index (χ1v) is 14.0. The molecule has 2 amide bonds. The molecule has 3 heterocycles. The third-order valence-corrected chi connectivity index (χ3v) is 9.49. The van der Waals surface area contributed by atoms with E-state index in [0.717, 1.165) is 45.2 Å². The highest BCUT2D eigenvalue weighted by Gasteiger charge is 2.33. The molecule has 0 spiro atoms. The number of hydrogen-bond acceptors (Lipinski definition) is 4. The van der Waals surface area contributed by atoms with Crippen molar-refractivity contribution in [1.82, 2.24) is 14.1 Å². The molecule has 4 rings (SSSR count). The summed E-state index contributed by atoms with van der Waals surface area (Å²) in [4.78, 5) is 30.1. The van der Waals surface area contributed by atoms with Crippen LogP contribution in [0.5, 0.6) is 0 Å². The van der Waals surface area contributed by atoms with Gasteiger partial charge in [0.25, 0.3) is 5.91 Å². The van der Waals surface area contributed by atoms with Crippen LogP contribution >= 0.6 is 0 Å². The maximum absolute atomic E-state index is 13.2. The van der Waals surface area contributed by atoms with Crippen LogP contribution in [-0.4, -0.2) is 73.1 Å². The number of likely N-dealkylation sites (tertiary alicyclic amines) is 2. The summed E-state index contributed by atoms with van der Waals surface area (Å²) in [5, 5.41) is 0. The van der Waals surface area contributed by atoms with Crippen molar-refractivity contribution >= 4 is 21.8 Å². The second-order valence-corrected chi connectivity index (χ2v) is 11.7. The van der Waals surface area contributed by atoms with Gasteiger partial charge in [-0.1, -0.05) is 25.3 Å². The van der Waals surface area contributed by atoms with Crippen LogP contribution in [-0.2, 0) is 14.8 Å². The van der Waals surface area contributed by atoms with E-state index in [1.54, 1.807) is 27.4 Å². The molecule has 0 saturated carbocycles. The SMILES string of the molecule is CC1CCCCN1S(=O)(=O)c1cccc(C(=O)N2CCC(C(=O)N3CCCCCC3)CC2)c1. The average Bonchev–Trinajstić information content (AvgIpc) is 3.13. The summed E-state index contributed by atoms with van der Waals surface area (Å²) in [7, 11) is -3.62. The molecule has 0 aliphatic carbocycles. The van der Waals surface area contributed by atoms with Gasteiger partial charge in [-0.05, 0) is 63.6 Å². The number of carbonyl (C=O) groups excluding carboxylic acids is 2. The zero-order chi connectivity index (χ0) is 23.4. The van der Waals surface area contributed by atoms with Crippen molar-refractivity contribution in [1.29, 1.82) is 0 Å². The lowest BCUT2D eigenvalue weighted by molar-refractivity contribution is -0.136. The Kier molecular flexibility index (Phi) is 7.74. The molecule has 33 heavy (non-hydrogen) atoms. The Morgan fingerprint density at radius 2 is 1.48 bits per heavy atom. The second kappa shape index (κ2) is 10.6. The largest absolute Gasteiger partial charge is 0.342 e. The fraction of sp³-hybridized carbons (Fsp3) is 0.680. The second-order valence-electron chi connectivity index (χ2n) is 9.79. The van der Waals surface area contributed by atoms with Gasteiger partial charge in [-0.2, -0.15) is 4.31 Å². The lowest BCUT2D eigenvalue weighted by Crippen LogP contribution is -2.44. The van der Waals surface area contributed by atoms with Gasteiger partial charge < -0.3 is 9.80 Å². The van der Waals surface area contributed by atoms with Gasteiger partial charge in [0.1, 0.15) is 0 Å². The number of rotatable bonds is 4. The maximum Gasteiger partial charge on any atom is 0.253 e. The Hall–Kier alpha value is -1.93. The van der Waals surface area contributed by atoms with Crippen molar-refractivity contribution < 1.29 is 18.0 Å². The first-order chi connectivity index (χ1) is 15.9. The van der Waals surface area contributed by atoms with Crippen molar-refractivity contribution in [3.63, 3.8) is 0 Å². The minimum Gasteiger partial charge on any atom is -0.342 e. The number of carbonyl (C=O) groups is 2. The summed E-state index contributed by atoms with van der Waals surface area (Å²) >= 11 is 0. The lowest BCUT2D eigenvalue weighted by Gasteiger charge is -2.34. The lowest BCUT2D eigenvalue weighted by atomic mass is 9.94. The number of amides is 2. The summed E-state index contributed by atoms with van der Waals surface area (Å²) < 4.78 is 28.0. The van der Waals surface area contributed by atoms with Gasteiger partial charge in [0.2, 0.25) is 15.9 Å². The Morgan fingerprint density at radius 1 is 0.818 bits per heavy atom. The molecule has 0 radical (unpaired) electrons. The van der Waals surface area contributed by atoms with Crippen LogP contribution in [0.1, 0.15) is 75.1 Å². The topological polar surface area (TPSA) is 78.0 Å². The maximum atomic E-state index is 13.2. The van der Waals surface area contributed by atoms with Crippen LogP contribution in [0.25, 0.3) is 0 Å². The third-order valence-electron chi connectivity index (χ3n) is 7.48. The van der Waals surface area contributed by atoms with Crippen LogP contribution in [0.4, 0.5) is 0 Å². The monoisotopic (exact) mass is 475 g/mol. The molecule has 7 nitrogen and oxygen atoms in total. The fourth-order valence-corrected chi connectivity index (χ4v) is 7.16. The van der Waals surface area contributed by atoms with Gasteiger partial charge in [0, 0.05) is 50.2 Å². The van der Waals surface area contributed by atoms with Gasteiger partial charge in [-0.15, -0.1) is 0 Å². The van der Waals surface area contributed by atoms with E-state index in [2.05, 4.69) is 0 Å². The van der Waals surface area contributed by atoms with Gasteiger partial charge in [0.15, 0.2) is 0 Å². The third kappa shape index (κ3) is 5.43. The molecular weight excluding hydrogens is 438 g/mol. The number of nitrogens with zero attached hydrogens (tertiary/aromatic N) is 3. The van der Waals surface area contributed by atoms with Gasteiger partial charge >= 0.3 is 0 Å². The van der Waals surface area contributed by atoms with E-state index in [0.29, 0.717) is 38.0 Å². The van der Waals surface area contributed by atoms with Crippen molar-refractivity contribution in [2.45, 2.75) is 75.6 Å². The molecule has 3 saturated heterocycles. The number of sulfonamides is 1. The van der Waals surface area contributed by atoms with Crippen LogP contribution in [0.3, 0.4) is 0 Å². The van der Waals surface area contributed by atoms with E-state index in [1.807, 2.05) is 11.8 Å². The Bertz CT molecular complexity index is 948. The van der Waals surface area contributed by atoms with Gasteiger partial charge in [-0.3, -0.25) is 9.59 Å². The zero-order valence-electron chi connectivity index (χ0n) is 19.7. The van der Waals surface area contributed by atoms with Crippen LogP contribution in [0.2, 0.25) is 0 Å². The molecule has 8 heteroatoms. The van der Waals surface area contributed by atoms with Crippen LogP contribution in [0.15, 0.2) is 29.2 Å².